The van der Waals surface area contributed by atoms with E-state index in [0.717, 1.165) is 12.1 Å². The Bertz CT molecular complexity index is 768. The van der Waals surface area contributed by atoms with Crippen LogP contribution >= 0.6 is 11.6 Å². The first-order chi connectivity index (χ1) is 12.0. The number of carboxylic acids is 1. The van der Waals surface area contributed by atoms with E-state index in [1.165, 1.54) is 0 Å². The maximum absolute atomic E-state index is 11.8. The number of amides is 1. The van der Waals surface area contributed by atoms with Gasteiger partial charge in [-0.2, -0.15) is 5.10 Å². The Morgan fingerprint density at radius 2 is 1.80 bits per heavy atom. The smallest absolute Gasteiger partial charge is 0.356 e. The number of ether oxygens (including phenoxy) is 1. The number of carbonyl (C=O) groups is 2. The second-order valence-corrected chi connectivity index (χ2v) is 5.14. The number of hydrogen-bond acceptors (Lipinski definition) is 7. The van der Waals surface area contributed by atoms with Crippen molar-refractivity contribution in [2.24, 2.45) is 0 Å². The number of rotatable bonds is 2. The molecule has 0 unspecified atom stereocenters. The molecule has 11 heteroatoms. The topological polar surface area (TPSA) is 138 Å². The van der Waals surface area contributed by atoms with Crippen LogP contribution in [0.1, 0.15) is 21.0 Å². The number of aromatic nitrogens is 4. The average Bonchev–Trinajstić information content (AvgIpc) is 2.63. The van der Waals surface area contributed by atoms with E-state index >= 15 is 0 Å². The van der Waals surface area contributed by atoms with Gasteiger partial charge in [0.15, 0.2) is 16.5 Å². The maximum atomic E-state index is 11.8. The molecule has 1 amide bonds. The van der Waals surface area contributed by atoms with E-state index in [9.17, 15) is 14.4 Å². The predicted octanol–water partition coefficient (Wildman–Crippen LogP) is 0.0705. The third kappa shape index (κ3) is 5.62. The summed E-state index contributed by atoms with van der Waals surface area (Å²) in [7, 11) is 0. The molecule has 0 radical (unpaired) electrons. The zero-order valence-corrected chi connectivity index (χ0v) is 13.6. The summed E-state index contributed by atoms with van der Waals surface area (Å²) in [6, 6.07) is 5.38. The van der Waals surface area contributed by atoms with Gasteiger partial charge >= 0.3 is 5.97 Å². The van der Waals surface area contributed by atoms with Gasteiger partial charge in [0.2, 0.25) is 0 Å². The van der Waals surface area contributed by atoms with E-state index < -0.39 is 11.5 Å². The van der Waals surface area contributed by atoms with Crippen LogP contribution in [-0.4, -0.2) is 68.6 Å². The van der Waals surface area contributed by atoms with Gasteiger partial charge in [0, 0.05) is 19.2 Å². The minimum Gasteiger partial charge on any atom is -0.476 e. The summed E-state index contributed by atoms with van der Waals surface area (Å²) in [6.07, 6.45) is 0. The highest BCUT2D eigenvalue weighted by atomic mass is 35.5. The minimum absolute atomic E-state index is 0.123. The van der Waals surface area contributed by atoms with Gasteiger partial charge in [0.05, 0.1) is 13.2 Å². The standard InChI is InChI=1S/C9H10ClN3O2.C5H4N2O3/c10-8-2-1-7(11-12-8)9(14)13-3-5-15-6-4-13;8-4-2-1-3(5(9)10)6-7-4/h1-2H,3-6H2;1-2H,(H,7,8)(H,9,10). The van der Waals surface area contributed by atoms with E-state index in [1.54, 1.807) is 17.0 Å². The van der Waals surface area contributed by atoms with Crippen molar-refractivity contribution in [3.8, 4) is 0 Å². The average molecular weight is 368 g/mol. The van der Waals surface area contributed by atoms with Gasteiger partial charge in [-0.05, 0) is 18.2 Å². The molecule has 0 aromatic carbocycles. The lowest BCUT2D eigenvalue weighted by atomic mass is 10.3. The largest absolute Gasteiger partial charge is 0.476 e. The van der Waals surface area contributed by atoms with Crippen molar-refractivity contribution in [2.75, 3.05) is 26.3 Å². The van der Waals surface area contributed by atoms with Crippen LogP contribution in [0.15, 0.2) is 29.1 Å². The molecule has 3 rings (SSSR count). The molecule has 1 saturated heterocycles. The van der Waals surface area contributed by atoms with Crippen molar-refractivity contribution in [2.45, 2.75) is 0 Å². The zero-order chi connectivity index (χ0) is 18.2. The molecule has 132 valence electrons. The van der Waals surface area contributed by atoms with Crippen molar-refractivity contribution in [1.82, 2.24) is 25.3 Å². The third-order valence-corrected chi connectivity index (χ3v) is 3.25. The Hall–Kier alpha value is -2.85. The van der Waals surface area contributed by atoms with Gasteiger partial charge in [-0.25, -0.2) is 9.89 Å². The number of halogens is 1. The first-order valence-corrected chi connectivity index (χ1v) is 7.50. The van der Waals surface area contributed by atoms with E-state index in [4.69, 9.17) is 21.4 Å². The lowest BCUT2D eigenvalue weighted by molar-refractivity contribution is 0.0298. The summed E-state index contributed by atoms with van der Waals surface area (Å²) in [5, 5.41) is 21.2. The number of nitrogens with one attached hydrogen (secondary N) is 1. The molecule has 2 N–H and O–H groups in total. The number of morpholine rings is 1. The molecule has 1 aliphatic rings. The summed E-state index contributed by atoms with van der Waals surface area (Å²) >= 11 is 5.58. The summed E-state index contributed by atoms with van der Waals surface area (Å²) in [6.45, 7) is 2.35. The molecule has 0 bridgehead atoms. The van der Waals surface area contributed by atoms with Crippen molar-refractivity contribution >= 4 is 23.5 Å². The number of aromatic carboxylic acids is 1. The van der Waals surface area contributed by atoms with Crippen LogP contribution in [0.2, 0.25) is 5.15 Å². The van der Waals surface area contributed by atoms with Crippen molar-refractivity contribution < 1.29 is 19.4 Å². The van der Waals surface area contributed by atoms with E-state index in [-0.39, 0.29) is 16.8 Å². The van der Waals surface area contributed by atoms with E-state index in [1.807, 2.05) is 5.10 Å². The number of hydrogen-bond donors (Lipinski definition) is 2. The number of H-pyrrole nitrogens is 1. The number of carboxylic acid groups (broad SMARTS) is 1. The van der Waals surface area contributed by atoms with E-state index in [2.05, 4.69) is 15.3 Å². The minimum atomic E-state index is -1.16. The Labute approximate surface area is 146 Å². The molecule has 3 heterocycles. The first-order valence-electron chi connectivity index (χ1n) is 7.12. The second kappa shape index (κ2) is 8.85. The van der Waals surface area contributed by atoms with Gasteiger partial charge in [0.1, 0.15) is 0 Å². The van der Waals surface area contributed by atoms with Gasteiger partial charge < -0.3 is 14.7 Å². The molecular weight excluding hydrogens is 354 g/mol. The number of nitrogens with zero attached hydrogens (tertiary/aromatic N) is 4. The first kappa shape index (κ1) is 18.5. The summed E-state index contributed by atoms with van der Waals surface area (Å²) in [5.41, 5.74) is -0.258. The molecule has 2 aromatic rings. The summed E-state index contributed by atoms with van der Waals surface area (Å²) < 4.78 is 5.15. The second-order valence-electron chi connectivity index (χ2n) is 4.76. The maximum Gasteiger partial charge on any atom is 0.356 e. The van der Waals surface area contributed by atoms with Gasteiger partial charge in [0.25, 0.3) is 11.5 Å². The van der Waals surface area contributed by atoms with Crippen LogP contribution < -0.4 is 5.56 Å². The highest BCUT2D eigenvalue weighted by molar-refractivity contribution is 6.29. The highest BCUT2D eigenvalue weighted by Crippen LogP contribution is 2.06. The Morgan fingerprint density at radius 3 is 2.32 bits per heavy atom. The van der Waals surface area contributed by atoms with Crippen LogP contribution in [-0.2, 0) is 4.74 Å². The molecular formula is C14H14ClN5O5. The summed E-state index contributed by atoms with van der Waals surface area (Å²) in [4.78, 5) is 34.0. The van der Waals surface area contributed by atoms with Gasteiger partial charge in [-0.1, -0.05) is 11.6 Å². The highest BCUT2D eigenvalue weighted by Gasteiger charge is 2.19. The molecule has 25 heavy (non-hydrogen) atoms. The van der Waals surface area contributed by atoms with Crippen molar-refractivity contribution in [1.29, 1.82) is 0 Å². The van der Waals surface area contributed by atoms with Crippen LogP contribution in [0.4, 0.5) is 0 Å². The molecule has 0 aliphatic carbocycles. The predicted molar refractivity (Wildman–Crippen MR) is 85.6 cm³/mol. The SMILES string of the molecule is O=C(O)c1ccc(=O)[nH]n1.O=C(c1ccc(Cl)nn1)N1CCOCC1. The normalized spacial score (nSPS) is 13.6. The lowest BCUT2D eigenvalue weighted by Crippen LogP contribution is -2.41. The van der Waals surface area contributed by atoms with Crippen LogP contribution in [0.5, 0.6) is 0 Å². The number of aromatic amines is 1. The molecule has 0 saturated carbocycles. The quantitative estimate of drug-likeness (QED) is 0.760. The molecule has 2 aromatic heterocycles. The van der Waals surface area contributed by atoms with Crippen molar-refractivity contribution in [3.63, 3.8) is 0 Å². The third-order valence-electron chi connectivity index (χ3n) is 3.05. The van der Waals surface area contributed by atoms with Crippen molar-refractivity contribution in [3.05, 3.63) is 51.2 Å². The molecule has 0 spiro atoms. The number of carbonyl (C=O) groups excluding carboxylic acids is 1. The monoisotopic (exact) mass is 367 g/mol. The fourth-order valence-corrected chi connectivity index (χ4v) is 1.92. The molecule has 10 nitrogen and oxygen atoms in total. The van der Waals surface area contributed by atoms with Crippen LogP contribution in [0, 0.1) is 0 Å². The molecule has 1 fully saturated rings. The Morgan fingerprint density at radius 1 is 1.12 bits per heavy atom. The Balaban J connectivity index is 0.000000196. The van der Waals surface area contributed by atoms with Gasteiger partial charge in [-0.3, -0.25) is 9.59 Å². The summed E-state index contributed by atoms with van der Waals surface area (Å²) in [5.74, 6) is -1.28. The van der Waals surface area contributed by atoms with E-state index in [0.29, 0.717) is 32.0 Å². The lowest BCUT2D eigenvalue weighted by Gasteiger charge is -2.26. The fraction of sp³-hybridized carbons (Fsp3) is 0.286. The van der Waals surface area contributed by atoms with Gasteiger partial charge in [-0.15, -0.1) is 10.2 Å². The fourth-order valence-electron chi connectivity index (χ4n) is 1.82. The zero-order valence-electron chi connectivity index (χ0n) is 12.9. The Kier molecular flexibility index (Phi) is 6.54. The molecule has 1 aliphatic heterocycles. The molecule has 0 atom stereocenters. The van der Waals surface area contributed by atoms with Crippen LogP contribution in [0.3, 0.4) is 0 Å². The van der Waals surface area contributed by atoms with Crippen LogP contribution in [0.25, 0.3) is 0 Å².